The van der Waals surface area contributed by atoms with Crippen LogP contribution in [-0.2, 0) is 0 Å². The Kier molecular flexibility index (Phi) is 5.73. The van der Waals surface area contributed by atoms with E-state index in [-0.39, 0.29) is 0 Å². The van der Waals surface area contributed by atoms with Crippen LogP contribution in [0.25, 0.3) is 0 Å². The number of rotatable bonds is 7. The lowest BCUT2D eigenvalue weighted by Gasteiger charge is -2.15. The van der Waals surface area contributed by atoms with Crippen LogP contribution in [0.4, 0.5) is 5.82 Å². The largest absolute Gasteiger partial charge is 0.481 e. The summed E-state index contributed by atoms with van der Waals surface area (Å²) in [6, 6.07) is 2.24. The maximum absolute atomic E-state index is 5.06. The van der Waals surface area contributed by atoms with Gasteiger partial charge in [-0.15, -0.1) is 0 Å². The Morgan fingerprint density at radius 1 is 1.24 bits per heavy atom. The normalized spacial score (nSPS) is 12.5. The van der Waals surface area contributed by atoms with E-state index < -0.39 is 0 Å². The molecule has 0 aliphatic heterocycles. The first kappa shape index (κ1) is 13.7. The fraction of sp³-hybridized carbons (Fsp3) is 0.692. The molecule has 0 aromatic carbocycles. The fourth-order valence-corrected chi connectivity index (χ4v) is 1.69. The summed E-state index contributed by atoms with van der Waals surface area (Å²) >= 11 is 0. The first-order chi connectivity index (χ1) is 8.11. The molecule has 0 bridgehead atoms. The van der Waals surface area contributed by atoms with Crippen LogP contribution in [-0.4, -0.2) is 23.1 Å². The zero-order valence-electron chi connectivity index (χ0n) is 11.2. The van der Waals surface area contributed by atoms with Crippen molar-refractivity contribution in [3.05, 3.63) is 12.4 Å². The maximum Gasteiger partial charge on any atom is 0.218 e. The molecule has 1 aromatic heterocycles. The van der Waals surface area contributed by atoms with Gasteiger partial charge in [0.1, 0.15) is 12.1 Å². The molecule has 0 radical (unpaired) electrons. The molecule has 1 heterocycles. The molecule has 4 nitrogen and oxygen atoms in total. The Labute approximate surface area is 104 Å². The molecule has 0 fully saturated rings. The van der Waals surface area contributed by atoms with Gasteiger partial charge in [-0.2, -0.15) is 0 Å². The van der Waals surface area contributed by atoms with Crippen molar-refractivity contribution in [1.29, 1.82) is 0 Å². The standard InChI is InChI=1S/C13H23N3O/c1-10(2)6-5-7-11(3)16-12-8-13(17-4)15-9-14-12/h8-11H,5-7H2,1-4H3,(H,14,15,16). The van der Waals surface area contributed by atoms with Crippen LogP contribution in [0.15, 0.2) is 12.4 Å². The fourth-order valence-electron chi connectivity index (χ4n) is 1.69. The summed E-state index contributed by atoms with van der Waals surface area (Å²) in [5.74, 6) is 2.20. The van der Waals surface area contributed by atoms with E-state index in [1.54, 1.807) is 7.11 Å². The van der Waals surface area contributed by atoms with Gasteiger partial charge in [-0.1, -0.05) is 26.7 Å². The first-order valence-electron chi connectivity index (χ1n) is 6.24. The van der Waals surface area contributed by atoms with Gasteiger partial charge in [-0.3, -0.25) is 0 Å². The SMILES string of the molecule is COc1cc(NC(C)CCCC(C)C)ncn1. The molecular weight excluding hydrogens is 214 g/mol. The van der Waals surface area contributed by atoms with Gasteiger partial charge in [0.25, 0.3) is 0 Å². The average molecular weight is 237 g/mol. The molecule has 0 saturated carbocycles. The Morgan fingerprint density at radius 2 is 2.00 bits per heavy atom. The van der Waals surface area contributed by atoms with Gasteiger partial charge in [-0.25, -0.2) is 9.97 Å². The highest BCUT2D eigenvalue weighted by molar-refractivity contribution is 5.37. The lowest BCUT2D eigenvalue weighted by atomic mass is 10.0. The van der Waals surface area contributed by atoms with E-state index in [1.165, 1.54) is 19.2 Å². The average Bonchev–Trinajstić information content (AvgIpc) is 2.28. The Balaban J connectivity index is 2.36. The van der Waals surface area contributed by atoms with Crippen LogP contribution in [0.3, 0.4) is 0 Å². The van der Waals surface area contributed by atoms with Crippen LogP contribution in [0.1, 0.15) is 40.0 Å². The number of aromatic nitrogens is 2. The summed E-state index contributed by atoms with van der Waals surface area (Å²) in [5.41, 5.74) is 0. The summed E-state index contributed by atoms with van der Waals surface area (Å²) in [5, 5.41) is 3.36. The second-order valence-electron chi connectivity index (χ2n) is 4.82. The molecule has 1 aromatic rings. The third-order valence-corrected chi connectivity index (χ3v) is 2.66. The topological polar surface area (TPSA) is 47.0 Å². The summed E-state index contributed by atoms with van der Waals surface area (Å²) in [4.78, 5) is 8.15. The zero-order valence-corrected chi connectivity index (χ0v) is 11.2. The molecule has 17 heavy (non-hydrogen) atoms. The van der Waals surface area contributed by atoms with Crippen molar-refractivity contribution in [2.24, 2.45) is 5.92 Å². The lowest BCUT2D eigenvalue weighted by Crippen LogP contribution is -2.16. The molecule has 0 aliphatic rings. The molecule has 0 amide bonds. The molecule has 1 unspecified atom stereocenters. The zero-order chi connectivity index (χ0) is 12.7. The molecular formula is C13H23N3O. The molecule has 0 spiro atoms. The summed E-state index contributed by atoms with van der Waals surface area (Å²) in [6.45, 7) is 6.69. The van der Waals surface area contributed by atoms with Gasteiger partial charge in [0.05, 0.1) is 7.11 Å². The van der Waals surface area contributed by atoms with Crippen LogP contribution in [0.5, 0.6) is 5.88 Å². The van der Waals surface area contributed by atoms with E-state index in [4.69, 9.17) is 4.74 Å². The van der Waals surface area contributed by atoms with Gasteiger partial charge in [-0.05, 0) is 19.3 Å². The van der Waals surface area contributed by atoms with E-state index in [1.807, 2.05) is 6.07 Å². The van der Waals surface area contributed by atoms with Gasteiger partial charge < -0.3 is 10.1 Å². The summed E-state index contributed by atoms with van der Waals surface area (Å²) < 4.78 is 5.06. The minimum atomic E-state index is 0.424. The van der Waals surface area contributed by atoms with E-state index in [2.05, 4.69) is 36.1 Å². The van der Waals surface area contributed by atoms with Crippen LogP contribution < -0.4 is 10.1 Å². The van der Waals surface area contributed by atoms with Crippen LogP contribution >= 0.6 is 0 Å². The number of nitrogens with zero attached hydrogens (tertiary/aromatic N) is 2. The van der Waals surface area contributed by atoms with Crippen molar-refractivity contribution < 1.29 is 4.74 Å². The first-order valence-corrected chi connectivity index (χ1v) is 6.24. The molecule has 96 valence electrons. The number of nitrogens with one attached hydrogen (secondary N) is 1. The summed E-state index contributed by atoms with van der Waals surface area (Å²) in [6.07, 6.45) is 5.19. The number of hydrogen-bond acceptors (Lipinski definition) is 4. The van der Waals surface area contributed by atoms with E-state index in [0.717, 1.165) is 18.2 Å². The van der Waals surface area contributed by atoms with Crippen molar-refractivity contribution >= 4 is 5.82 Å². The van der Waals surface area contributed by atoms with E-state index in [0.29, 0.717) is 11.9 Å². The predicted octanol–water partition coefficient (Wildman–Crippen LogP) is 3.11. The minimum absolute atomic E-state index is 0.424. The van der Waals surface area contributed by atoms with Crippen LogP contribution in [0.2, 0.25) is 0 Å². The van der Waals surface area contributed by atoms with Crippen molar-refractivity contribution in [3.63, 3.8) is 0 Å². The highest BCUT2D eigenvalue weighted by Crippen LogP contribution is 2.14. The molecule has 0 aliphatic carbocycles. The lowest BCUT2D eigenvalue weighted by molar-refractivity contribution is 0.397. The number of ether oxygens (including phenoxy) is 1. The van der Waals surface area contributed by atoms with Gasteiger partial charge in [0.2, 0.25) is 5.88 Å². The number of anilines is 1. The molecule has 1 N–H and O–H groups in total. The van der Waals surface area contributed by atoms with Crippen molar-refractivity contribution in [3.8, 4) is 5.88 Å². The third-order valence-electron chi connectivity index (χ3n) is 2.66. The van der Waals surface area contributed by atoms with Gasteiger partial charge >= 0.3 is 0 Å². The quantitative estimate of drug-likeness (QED) is 0.791. The summed E-state index contributed by atoms with van der Waals surface area (Å²) in [7, 11) is 1.61. The monoisotopic (exact) mass is 237 g/mol. The third kappa shape index (κ3) is 5.52. The Hall–Kier alpha value is -1.32. The smallest absolute Gasteiger partial charge is 0.218 e. The maximum atomic E-state index is 5.06. The molecule has 0 saturated heterocycles. The number of hydrogen-bond donors (Lipinski definition) is 1. The minimum Gasteiger partial charge on any atom is -0.481 e. The second-order valence-corrected chi connectivity index (χ2v) is 4.82. The molecule has 1 atom stereocenters. The van der Waals surface area contributed by atoms with Crippen molar-refractivity contribution in [2.45, 2.75) is 46.1 Å². The second kappa shape index (κ2) is 7.09. The number of methoxy groups -OCH3 is 1. The van der Waals surface area contributed by atoms with Gasteiger partial charge in [0.15, 0.2) is 0 Å². The highest BCUT2D eigenvalue weighted by Gasteiger charge is 2.05. The highest BCUT2D eigenvalue weighted by atomic mass is 16.5. The molecule has 1 rings (SSSR count). The van der Waals surface area contributed by atoms with E-state index in [9.17, 15) is 0 Å². The Bertz CT molecular complexity index is 328. The van der Waals surface area contributed by atoms with Gasteiger partial charge in [0, 0.05) is 12.1 Å². The van der Waals surface area contributed by atoms with Crippen molar-refractivity contribution in [2.75, 3.05) is 12.4 Å². The van der Waals surface area contributed by atoms with E-state index >= 15 is 0 Å². The molecule has 4 heteroatoms. The predicted molar refractivity (Wildman–Crippen MR) is 70.4 cm³/mol. The van der Waals surface area contributed by atoms with Crippen molar-refractivity contribution in [1.82, 2.24) is 9.97 Å². The Morgan fingerprint density at radius 3 is 2.65 bits per heavy atom. The van der Waals surface area contributed by atoms with Crippen LogP contribution in [0, 0.1) is 5.92 Å².